The molecule has 0 aliphatic rings. The maximum atomic E-state index is 7.46. The minimum atomic E-state index is -2.86. The molecule has 0 fully saturated rings. The quantitative estimate of drug-likeness (QED) is 0.493. The predicted molar refractivity (Wildman–Crippen MR) is 29.7 cm³/mol. The van der Waals surface area contributed by atoms with E-state index in [1.54, 1.807) is 0 Å². The molecule has 0 amide bonds. The summed E-state index contributed by atoms with van der Waals surface area (Å²) in [5.74, 6) is -2.47. The van der Waals surface area contributed by atoms with E-state index in [4.69, 9.17) is 11.0 Å². The molecule has 1 atom stereocenters. The Hall–Kier alpha value is 0. The molecule has 0 aliphatic heterocycles. The van der Waals surface area contributed by atoms with Crippen LogP contribution >= 0.6 is 0 Å². The Kier molecular flexibility index (Phi) is 0.473. The zero-order valence-electron chi connectivity index (χ0n) is 12.0. The molecule has 0 heterocycles. The van der Waals surface area contributed by atoms with Crippen LogP contribution < -0.4 is 0 Å². The third-order valence-corrected chi connectivity index (χ3v) is 0.312. The molecule has 0 heteroatoms. The minimum absolute atomic E-state index is 0.890. The van der Waals surface area contributed by atoms with Gasteiger partial charge < -0.3 is 0 Å². The summed E-state index contributed by atoms with van der Waals surface area (Å²) in [4.78, 5) is 0. The zero-order chi connectivity index (χ0) is 12.0. The van der Waals surface area contributed by atoms with Crippen molar-refractivity contribution in [3.05, 3.63) is 0 Å². The summed E-state index contributed by atoms with van der Waals surface area (Å²) < 4.78 is 57.6. The molecule has 0 aromatic rings. The van der Waals surface area contributed by atoms with E-state index in [9.17, 15) is 0 Å². The molecule has 0 saturated carbocycles. The van der Waals surface area contributed by atoms with E-state index < -0.39 is 25.5 Å². The smallest absolute Gasteiger partial charge is 0.0297 e. The van der Waals surface area contributed by atoms with Crippen molar-refractivity contribution in [2.45, 2.75) is 33.4 Å². The van der Waals surface area contributed by atoms with Gasteiger partial charge in [-0.2, -0.15) is 0 Å². The highest BCUT2D eigenvalue weighted by atomic mass is 13.9. The first-order valence-electron chi connectivity index (χ1n) is 5.75. The normalized spacial score (nSPS) is 46.3. The maximum absolute atomic E-state index is 7.46. The summed E-state index contributed by atoms with van der Waals surface area (Å²) in [6, 6.07) is 0. The largest absolute Gasteiger partial charge is 0.0654 e. The number of hydrogen-bond donors (Lipinski definition) is 0. The van der Waals surface area contributed by atoms with Gasteiger partial charge in [0.25, 0.3) is 0 Å². The highest BCUT2D eigenvalue weighted by Gasteiger charge is 1.85. The van der Waals surface area contributed by atoms with Crippen molar-refractivity contribution in [2.75, 3.05) is 0 Å². The van der Waals surface area contributed by atoms with Crippen LogP contribution in [0.1, 0.15) is 44.4 Å². The lowest BCUT2D eigenvalue weighted by molar-refractivity contribution is 0.576. The van der Waals surface area contributed by atoms with Gasteiger partial charge in [0, 0.05) is 11.0 Å². The number of rotatable bonds is 2. The van der Waals surface area contributed by atoms with E-state index in [1.807, 2.05) is 0 Å². The summed E-state index contributed by atoms with van der Waals surface area (Å²) in [6.45, 7) is -1.03. The molecule has 0 bridgehead atoms. The summed E-state index contributed by atoms with van der Waals surface area (Å²) in [5.41, 5.74) is 0. The van der Waals surface area contributed by atoms with Crippen LogP contribution in [-0.4, -0.2) is 0 Å². The molecular weight excluding hydrogens is 72.1 g/mol. The minimum Gasteiger partial charge on any atom is -0.0654 e. The molecular formula is C6H14. The Balaban J connectivity index is 5.30. The van der Waals surface area contributed by atoms with E-state index in [2.05, 4.69) is 0 Å². The second-order valence-electron chi connectivity index (χ2n) is 1.00. The van der Waals surface area contributed by atoms with Gasteiger partial charge in [-0.1, -0.05) is 33.4 Å². The third kappa shape index (κ3) is 4.00. The topological polar surface area (TPSA) is 0 Å². The molecule has 0 aliphatic carbocycles. The lowest BCUT2D eigenvalue weighted by Crippen LogP contribution is -1.81. The Morgan fingerprint density at radius 1 is 2.17 bits per heavy atom. The van der Waals surface area contributed by atoms with Crippen molar-refractivity contribution in [1.82, 2.24) is 0 Å². The standard InChI is InChI=1S/C6H14/c1-4-5-6(2)3/h6H,4-5H2,1-3H3/i2D3,4D2,5D2,6D. The van der Waals surface area contributed by atoms with E-state index in [-0.39, 0.29) is 0 Å². The van der Waals surface area contributed by atoms with Gasteiger partial charge in [-0.25, -0.2) is 0 Å². The van der Waals surface area contributed by atoms with Crippen LogP contribution in [-0.2, 0) is 0 Å². The Bertz CT molecular complexity index is 183. The Labute approximate surface area is 51.8 Å². The van der Waals surface area contributed by atoms with Gasteiger partial charge in [0.2, 0.25) is 0 Å². The molecule has 0 rings (SSSR count). The highest BCUT2D eigenvalue weighted by Crippen LogP contribution is 2.00. The fourth-order valence-corrected chi connectivity index (χ4v) is 0.188. The Morgan fingerprint density at radius 2 is 2.83 bits per heavy atom. The molecule has 0 aromatic carbocycles. The van der Waals surface area contributed by atoms with Crippen LogP contribution in [0.2, 0.25) is 0 Å². The molecule has 1 unspecified atom stereocenters. The van der Waals surface area contributed by atoms with Crippen LogP contribution in [0.3, 0.4) is 0 Å². The first-order chi connectivity index (χ1) is 5.75. The molecule has 6 heavy (non-hydrogen) atoms. The molecule has 0 N–H and O–H groups in total. The fraction of sp³-hybridized carbons (Fsp3) is 1.00. The van der Waals surface area contributed by atoms with Gasteiger partial charge >= 0.3 is 0 Å². The summed E-state index contributed by atoms with van der Waals surface area (Å²) in [7, 11) is 0. The molecule has 38 valence electrons. The predicted octanol–water partition coefficient (Wildman–Crippen LogP) is 2.44. The summed E-state index contributed by atoms with van der Waals surface area (Å²) in [6.07, 6.45) is -5.12. The van der Waals surface area contributed by atoms with Gasteiger partial charge in [-0.3, -0.25) is 0 Å². The molecule has 0 nitrogen and oxygen atoms in total. The monoisotopic (exact) mass is 94.2 g/mol. The SMILES string of the molecule is [2H]C([2H])([2H])C([2H])(C)C([2H])([2H])C([2H])([2H])C. The fourth-order valence-electron chi connectivity index (χ4n) is 0.188. The highest BCUT2D eigenvalue weighted by molar-refractivity contribution is 4.38. The van der Waals surface area contributed by atoms with E-state index in [0.29, 0.717) is 0 Å². The van der Waals surface area contributed by atoms with Gasteiger partial charge in [0.1, 0.15) is 0 Å². The second-order valence-corrected chi connectivity index (χ2v) is 1.00. The van der Waals surface area contributed by atoms with Crippen LogP contribution in [0.5, 0.6) is 0 Å². The summed E-state index contributed by atoms with van der Waals surface area (Å²) >= 11 is 0. The molecule has 0 saturated heterocycles. The lowest BCUT2D eigenvalue weighted by atomic mass is 10.1. The lowest BCUT2D eigenvalue weighted by Gasteiger charge is -1.95. The van der Waals surface area contributed by atoms with Gasteiger partial charge in [-0.15, -0.1) is 0 Å². The second kappa shape index (κ2) is 3.20. The van der Waals surface area contributed by atoms with Crippen LogP contribution in [0.4, 0.5) is 0 Å². The first-order valence-corrected chi connectivity index (χ1v) is 1.75. The van der Waals surface area contributed by atoms with Crippen molar-refractivity contribution < 1.29 is 11.0 Å². The van der Waals surface area contributed by atoms with Gasteiger partial charge in [0.05, 0.1) is 0 Å². The van der Waals surface area contributed by atoms with Gasteiger partial charge in [0.15, 0.2) is 0 Å². The third-order valence-electron chi connectivity index (χ3n) is 0.312. The Morgan fingerprint density at radius 3 is 3.00 bits per heavy atom. The van der Waals surface area contributed by atoms with Crippen molar-refractivity contribution in [1.29, 1.82) is 0 Å². The average Bonchev–Trinajstić information content (AvgIpc) is 1.81. The van der Waals surface area contributed by atoms with Crippen molar-refractivity contribution >= 4 is 0 Å². The van der Waals surface area contributed by atoms with Gasteiger partial charge in [-0.05, 0) is 5.89 Å². The van der Waals surface area contributed by atoms with Crippen LogP contribution in [0.15, 0.2) is 0 Å². The van der Waals surface area contributed by atoms with Crippen molar-refractivity contribution in [3.8, 4) is 0 Å². The zero-order valence-corrected chi connectivity index (χ0v) is 4.00. The van der Waals surface area contributed by atoms with Crippen molar-refractivity contribution in [3.63, 3.8) is 0 Å². The summed E-state index contributed by atoms with van der Waals surface area (Å²) in [5, 5.41) is 0. The molecule has 0 spiro atoms. The van der Waals surface area contributed by atoms with E-state index in [1.165, 1.54) is 0 Å². The van der Waals surface area contributed by atoms with Crippen molar-refractivity contribution in [2.24, 2.45) is 5.89 Å². The number of hydrogen-bond acceptors (Lipinski definition) is 0. The molecule has 0 aromatic heterocycles. The average molecular weight is 94.2 g/mol. The van der Waals surface area contributed by atoms with Crippen LogP contribution in [0, 0.1) is 5.89 Å². The van der Waals surface area contributed by atoms with E-state index >= 15 is 0 Å². The van der Waals surface area contributed by atoms with E-state index in [0.717, 1.165) is 13.8 Å². The van der Waals surface area contributed by atoms with Crippen LogP contribution in [0.25, 0.3) is 0 Å². The maximum Gasteiger partial charge on any atom is 0.0297 e. The first kappa shape index (κ1) is 0.888. The molecule has 0 radical (unpaired) electrons.